The number of rotatable bonds is 3. The second kappa shape index (κ2) is 7.44. The molecule has 3 heterocycles. The van der Waals surface area contributed by atoms with Crippen LogP contribution in [-0.2, 0) is 15.1 Å². The van der Waals surface area contributed by atoms with Crippen LogP contribution < -0.4 is 11.1 Å². The molecule has 0 radical (unpaired) electrons. The number of ether oxygens (including phenoxy) is 1. The van der Waals surface area contributed by atoms with Crippen LogP contribution in [0.5, 0.6) is 0 Å². The summed E-state index contributed by atoms with van der Waals surface area (Å²) in [5.41, 5.74) is 7.18. The Balaban J connectivity index is 1.61. The van der Waals surface area contributed by atoms with Crippen molar-refractivity contribution in [2.45, 2.75) is 37.8 Å². The lowest BCUT2D eigenvalue weighted by molar-refractivity contribution is -0.150. The molecule has 0 saturated carbocycles. The zero-order chi connectivity index (χ0) is 20.6. The van der Waals surface area contributed by atoms with E-state index in [1.54, 1.807) is 11.0 Å². The molecule has 1 aromatic heterocycles. The topological polar surface area (TPSA) is 110 Å². The summed E-state index contributed by atoms with van der Waals surface area (Å²) in [6.45, 7) is 4.79. The number of hydrogen-bond acceptors (Lipinski definition) is 6. The van der Waals surface area contributed by atoms with E-state index in [1.807, 2.05) is 44.2 Å². The van der Waals surface area contributed by atoms with E-state index in [1.165, 1.54) is 0 Å². The van der Waals surface area contributed by atoms with Gasteiger partial charge in [0.05, 0.1) is 5.54 Å². The molecule has 2 fully saturated rings. The summed E-state index contributed by atoms with van der Waals surface area (Å²) in [5, 5.41) is 3.13. The summed E-state index contributed by atoms with van der Waals surface area (Å²) in [6.07, 6.45) is 0.209. The third-order valence-corrected chi connectivity index (χ3v) is 5.64. The maximum Gasteiger partial charge on any atom is 0.272 e. The van der Waals surface area contributed by atoms with Gasteiger partial charge in [-0.3, -0.25) is 9.59 Å². The quantitative estimate of drug-likeness (QED) is 0.814. The van der Waals surface area contributed by atoms with Crippen LogP contribution in [0.2, 0.25) is 0 Å². The number of piperidine rings is 1. The van der Waals surface area contributed by atoms with Gasteiger partial charge in [-0.05, 0) is 24.0 Å². The molecule has 0 bridgehead atoms. The number of hydrogen-bond donors (Lipinski definition) is 2. The number of morpholine rings is 1. The number of nitrogens with one attached hydrogen (secondary N) is 1. The third kappa shape index (κ3) is 3.55. The number of amides is 2. The Morgan fingerprint density at radius 3 is 2.79 bits per heavy atom. The van der Waals surface area contributed by atoms with Gasteiger partial charge in [0.15, 0.2) is 0 Å². The van der Waals surface area contributed by atoms with E-state index in [0.717, 1.165) is 11.3 Å². The molecule has 0 aliphatic carbocycles. The molecule has 0 unspecified atom stereocenters. The summed E-state index contributed by atoms with van der Waals surface area (Å²) in [5.74, 6) is -0.120. The fourth-order valence-electron chi connectivity index (χ4n) is 4.09. The summed E-state index contributed by atoms with van der Waals surface area (Å²) in [4.78, 5) is 35.3. The Hall–Kier alpha value is -3.00. The molecule has 0 spiro atoms. The largest absolute Gasteiger partial charge is 0.368 e. The molecule has 2 aromatic rings. The predicted octanol–water partition coefficient (Wildman–Crippen LogP) is 1.44. The number of benzene rings is 1. The molecule has 8 nitrogen and oxygen atoms in total. The molecule has 8 heteroatoms. The molecule has 2 aliphatic rings. The monoisotopic (exact) mass is 395 g/mol. The van der Waals surface area contributed by atoms with Gasteiger partial charge >= 0.3 is 0 Å². The lowest BCUT2D eigenvalue weighted by Crippen LogP contribution is -2.67. The number of carbonyl (C=O) groups excluding carboxylic acids is 2. The van der Waals surface area contributed by atoms with Gasteiger partial charge in [0, 0.05) is 18.8 Å². The van der Waals surface area contributed by atoms with Gasteiger partial charge in [0.25, 0.3) is 5.91 Å². The zero-order valence-corrected chi connectivity index (χ0v) is 16.6. The number of nitrogen functional groups attached to an aromatic ring is 1. The van der Waals surface area contributed by atoms with Crippen LogP contribution in [0.4, 0.5) is 5.95 Å². The Morgan fingerprint density at radius 2 is 2.07 bits per heavy atom. The summed E-state index contributed by atoms with van der Waals surface area (Å²) < 4.78 is 5.89. The van der Waals surface area contributed by atoms with Crippen LogP contribution in [0.15, 0.2) is 36.4 Å². The van der Waals surface area contributed by atoms with Crippen LogP contribution >= 0.6 is 0 Å². The highest BCUT2D eigenvalue weighted by atomic mass is 16.5. The first-order valence-corrected chi connectivity index (χ1v) is 9.81. The molecular weight excluding hydrogens is 370 g/mol. The molecule has 29 heavy (non-hydrogen) atoms. The number of aromatic nitrogens is 2. The highest BCUT2D eigenvalue weighted by Crippen LogP contribution is 2.37. The van der Waals surface area contributed by atoms with E-state index >= 15 is 0 Å². The number of likely N-dealkylation sites (tertiary alicyclic amines) is 1. The third-order valence-electron chi connectivity index (χ3n) is 5.64. The van der Waals surface area contributed by atoms with Crippen molar-refractivity contribution < 1.29 is 14.3 Å². The van der Waals surface area contributed by atoms with Gasteiger partial charge in [-0.15, -0.1) is 0 Å². The minimum atomic E-state index is -0.638. The summed E-state index contributed by atoms with van der Waals surface area (Å²) in [6, 6.07) is 11.5. The second-order valence-corrected chi connectivity index (χ2v) is 7.88. The lowest BCUT2D eigenvalue weighted by atomic mass is 9.77. The van der Waals surface area contributed by atoms with E-state index in [2.05, 4.69) is 15.3 Å². The van der Waals surface area contributed by atoms with Crippen molar-refractivity contribution in [3.8, 4) is 0 Å². The molecule has 2 amide bonds. The molecule has 3 N–H and O–H groups in total. The van der Waals surface area contributed by atoms with Gasteiger partial charge in [0.2, 0.25) is 11.9 Å². The van der Waals surface area contributed by atoms with Gasteiger partial charge in [-0.1, -0.05) is 44.2 Å². The highest BCUT2D eigenvalue weighted by molar-refractivity contribution is 5.93. The van der Waals surface area contributed by atoms with Gasteiger partial charge in [0.1, 0.15) is 18.4 Å². The SMILES string of the molecule is CC(C)c1cc(C(=O)N2CC[C@@]3(c4ccccc4)NC(=O)CO[C@@H]3C2)nc(N)n1. The van der Waals surface area contributed by atoms with Crippen molar-refractivity contribution in [2.75, 3.05) is 25.4 Å². The van der Waals surface area contributed by atoms with Crippen molar-refractivity contribution >= 4 is 17.8 Å². The Bertz CT molecular complexity index is 933. The van der Waals surface area contributed by atoms with Crippen molar-refractivity contribution in [3.63, 3.8) is 0 Å². The first-order chi connectivity index (χ1) is 13.9. The smallest absolute Gasteiger partial charge is 0.272 e. The summed E-state index contributed by atoms with van der Waals surface area (Å²) in [7, 11) is 0. The zero-order valence-electron chi connectivity index (χ0n) is 16.6. The number of nitrogens with two attached hydrogens (primary N) is 1. The molecule has 2 saturated heterocycles. The number of nitrogens with zero attached hydrogens (tertiary/aromatic N) is 3. The predicted molar refractivity (Wildman–Crippen MR) is 107 cm³/mol. The van der Waals surface area contributed by atoms with Crippen LogP contribution in [-0.4, -0.2) is 52.5 Å². The van der Waals surface area contributed by atoms with Crippen LogP contribution in [0, 0.1) is 0 Å². The molecule has 1 aromatic carbocycles. The fraction of sp³-hybridized carbons (Fsp3) is 0.429. The molecular formula is C21H25N5O3. The minimum Gasteiger partial charge on any atom is -0.368 e. The van der Waals surface area contributed by atoms with Crippen molar-refractivity contribution in [3.05, 3.63) is 53.3 Å². The fourth-order valence-corrected chi connectivity index (χ4v) is 4.09. The maximum atomic E-state index is 13.1. The van der Waals surface area contributed by atoms with Gasteiger partial charge < -0.3 is 20.7 Å². The van der Waals surface area contributed by atoms with Crippen molar-refractivity contribution in [1.29, 1.82) is 0 Å². The minimum absolute atomic E-state index is 0.0146. The number of anilines is 1. The van der Waals surface area contributed by atoms with E-state index < -0.39 is 5.54 Å². The van der Waals surface area contributed by atoms with Crippen molar-refractivity contribution in [2.24, 2.45) is 0 Å². The molecule has 152 valence electrons. The number of fused-ring (bicyclic) bond motifs is 1. The normalized spacial score (nSPS) is 24.2. The van der Waals surface area contributed by atoms with Crippen molar-refractivity contribution in [1.82, 2.24) is 20.2 Å². The van der Waals surface area contributed by atoms with Crippen LogP contribution in [0.25, 0.3) is 0 Å². The maximum absolute atomic E-state index is 13.1. The summed E-state index contributed by atoms with van der Waals surface area (Å²) >= 11 is 0. The standard InChI is InChI=1S/C21H25N5O3/c1-13(2)15-10-16(24-20(22)23-15)19(28)26-9-8-21(14-6-4-3-5-7-14)17(11-26)29-12-18(27)25-21/h3-7,10,13,17H,8-9,11-12H2,1-2H3,(H,25,27)(H2,22,23,24)/t17-,21+/m1/s1. The average Bonchev–Trinajstić information content (AvgIpc) is 2.73. The van der Waals surface area contributed by atoms with E-state index in [4.69, 9.17) is 10.5 Å². The average molecular weight is 395 g/mol. The Kier molecular flexibility index (Phi) is 4.96. The first kappa shape index (κ1) is 19.3. The van der Waals surface area contributed by atoms with Crippen LogP contribution in [0.1, 0.15) is 47.9 Å². The van der Waals surface area contributed by atoms with Gasteiger partial charge in [-0.2, -0.15) is 0 Å². The van der Waals surface area contributed by atoms with E-state index in [-0.39, 0.29) is 42.1 Å². The van der Waals surface area contributed by atoms with Gasteiger partial charge in [-0.25, -0.2) is 9.97 Å². The molecule has 2 atom stereocenters. The first-order valence-electron chi connectivity index (χ1n) is 9.81. The second-order valence-electron chi connectivity index (χ2n) is 7.88. The highest BCUT2D eigenvalue weighted by Gasteiger charge is 2.50. The molecule has 2 aliphatic heterocycles. The Labute approximate surface area is 169 Å². The lowest BCUT2D eigenvalue weighted by Gasteiger charge is -2.50. The number of carbonyl (C=O) groups is 2. The van der Waals surface area contributed by atoms with Crippen LogP contribution in [0.3, 0.4) is 0 Å². The molecule has 4 rings (SSSR count). The Morgan fingerprint density at radius 1 is 1.31 bits per heavy atom. The van der Waals surface area contributed by atoms with E-state index in [0.29, 0.717) is 19.5 Å². The van der Waals surface area contributed by atoms with E-state index in [9.17, 15) is 9.59 Å².